The molecule has 3 atom stereocenters. The van der Waals surface area contributed by atoms with Crippen molar-refractivity contribution in [3.05, 3.63) is 45.1 Å². The van der Waals surface area contributed by atoms with E-state index in [4.69, 9.17) is 4.98 Å². The van der Waals surface area contributed by atoms with Crippen molar-refractivity contribution in [2.24, 2.45) is 11.8 Å². The number of aromatic nitrogens is 4. The Hall–Kier alpha value is -2.73. The maximum absolute atomic E-state index is 13.6. The molecule has 0 aromatic carbocycles. The highest BCUT2D eigenvalue weighted by molar-refractivity contribution is 7.11. The number of fused-ring (bicyclic) bond motifs is 1. The van der Waals surface area contributed by atoms with Crippen LogP contribution in [0.15, 0.2) is 28.8 Å². The molecular formula is C30H38F3N5O3S. The van der Waals surface area contributed by atoms with Crippen molar-refractivity contribution < 1.29 is 23.1 Å². The predicted molar refractivity (Wildman–Crippen MR) is 153 cm³/mol. The molecule has 2 saturated carbocycles. The number of carbonyl (C=O) groups is 1. The van der Waals surface area contributed by atoms with E-state index in [0.29, 0.717) is 11.3 Å². The van der Waals surface area contributed by atoms with Crippen LogP contribution < -0.4 is 5.56 Å². The average molecular weight is 606 g/mol. The van der Waals surface area contributed by atoms with Crippen molar-refractivity contribution in [2.75, 3.05) is 13.1 Å². The third-order valence-electron chi connectivity index (χ3n) is 9.86. The first-order valence-corrected chi connectivity index (χ1v) is 16.0. The van der Waals surface area contributed by atoms with E-state index in [-0.39, 0.29) is 38.0 Å². The Morgan fingerprint density at radius 2 is 1.86 bits per heavy atom. The SMILES string of the molecule is O=C(C[C@@H](C(F)F)n1ccc(F)n1)N1CCC(O)(Cn2cnc3c(C4CCCC(C5CCCC5)C4)scc3c2=O)CC1. The van der Waals surface area contributed by atoms with Gasteiger partial charge in [0.1, 0.15) is 6.04 Å². The van der Waals surface area contributed by atoms with E-state index in [2.05, 4.69) is 5.10 Å². The van der Waals surface area contributed by atoms with Crippen molar-refractivity contribution in [2.45, 2.75) is 101 Å². The number of carbonyl (C=O) groups excluding carboxylic acids is 1. The summed E-state index contributed by atoms with van der Waals surface area (Å²) in [7, 11) is 0. The third kappa shape index (κ3) is 6.02. The van der Waals surface area contributed by atoms with E-state index in [1.807, 2.05) is 5.38 Å². The Labute approximate surface area is 246 Å². The minimum atomic E-state index is -2.89. The molecule has 1 aliphatic heterocycles. The van der Waals surface area contributed by atoms with Gasteiger partial charge in [0.2, 0.25) is 11.9 Å². The predicted octanol–water partition coefficient (Wildman–Crippen LogP) is 5.51. The fourth-order valence-corrected chi connectivity index (χ4v) is 8.60. The molecule has 2 unspecified atom stereocenters. The van der Waals surface area contributed by atoms with Crippen LogP contribution in [0.5, 0.6) is 0 Å². The number of nitrogens with zero attached hydrogens (tertiary/aromatic N) is 5. The maximum Gasteiger partial charge on any atom is 0.262 e. The molecule has 1 N–H and O–H groups in total. The molecule has 2 aliphatic carbocycles. The van der Waals surface area contributed by atoms with Crippen molar-refractivity contribution in [1.29, 1.82) is 0 Å². The topological polar surface area (TPSA) is 93.2 Å². The summed E-state index contributed by atoms with van der Waals surface area (Å²) in [6.07, 6.45) is 9.83. The standard InChI is InChI=1S/C30H38F3N5O3S/c31-24-8-11-38(35-24)23(28(32)33)15-25(39)36-12-9-30(41,10-13-36)17-37-18-34-26-22(29(37)40)16-42-27(26)21-7-3-6-20(14-21)19-4-1-2-5-19/h8,11,16,18-21,23,28,41H,1-7,9-10,12-15,17H2/t20?,21?,23-/m0/s1. The molecule has 3 fully saturated rings. The zero-order valence-electron chi connectivity index (χ0n) is 23.6. The van der Waals surface area contributed by atoms with E-state index in [1.54, 1.807) is 11.3 Å². The van der Waals surface area contributed by atoms with Crippen LogP contribution in [0.3, 0.4) is 0 Å². The number of hydrogen-bond donors (Lipinski definition) is 1. The molecule has 3 aromatic rings. The van der Waals surface area contributed by atoms with E-state index in [0.717, 1.165) is 40.7 Å². The molecule has 6 rings (SSSR count). The fourth-order valence-electron chi connectivity index (χ4n) is 7.46. The minimum Gasteiger partial charge on any atom is -0.388 e. The van der Waals surface area contributed by atoms with Gasteiger partial charge in [-0.25, -0.2) is 13.8 Å². The summed E-state index contributed by atoms with van der Waals surface area (Å²) >= 11 is 1.63. The molecule has 0 bridgehead atoms. The zero-order chi connectivity index (χ0) is 29.4. The van der Waals surface area contributed by atoms with Gasteiger partial charge in [-0.05, 0) is 43.4 Å². The highest BCUT2D eigenvalue weighted by Gasteiger charge is 2.37. The van der Waals surface area contributed by atoms with Crippen molar-refractivity contribution >= 4 is 28.1 Å². The fraction of sp³-hybridized carbons (Fsp3) is 0.667. The van der Waals surface area contributed by atoms with Gasteiger partial charge in [0.25, 0.3) is 12.0 Å². The number of rotatable bonds is 8. The number of thiophene rings is 1. The van der Waals surface area contributed by atoms with Crippen molar-refractivity contribution in [3.63, 3.8) is 0 Å². The second kappa shape index (κ2) is 12.1. The van der Waals surface area contributed by atoms with Crippen molar-refractivity contribution in [1.82, 2.24) is 24.2 Å². The zero-order valence-corrected chi connectivity index (χ0v) is 24.5. The smallest absolute Gasteiger partial charge is 0.262 e. The van der Waals surface area contributed by atoms with Crippen LogP contribution in [0.25, 0.3) is 10.9 Å². The first kappa shape index (κ1) is 29.3. The molecule has 1 amide bonds. The number of piperidine rings is 1. The molecule has 3 aromatic heterocycles. The summed E-state index contributed by atoms with van der Waals surface area (Å²) in [5.41, 5.74) is -0.625. The highest BCUT2D eigenvalue weighted by Crippen LogP contribution is 2.46. The second-order valence-corrected chi connectivity index (χ2v) is 13.4. The van der Waals surface area contributed by atoms with E-state index in [9.17, 15) is 27.9 Å². The van der Waals surface area contributed by atoms with Gasteiger partial charge >= 0.3 is 0 Å². The highest BCUT2D eigenvalue weighted by atomic mass is 32.1. The molecule has 0 radical (unpaired) electrons. The molecule has 4 heterocycles. The molecule has 42 heavy (non-hydrogen) atoms. The number of hydrogen-bond acceptors (Lipinski definition) is 6. The quantitative estimate of drug-likeness (QED) is 0.366. The first-order valence-electron chi connectivity index (χ1n) is 15.2. The Balaban J connectivity index is 1.09. The summed E-state index contributed by atoms with van der Waals surface area (Å²) in [5.74, 6) is 0.656. The number of amides is 1. The largest absolute Gasteiger partial charge is 0.388 e. The van der Waals surface area contributed by atoms with Crippen LogP contribution >= 0.6 is 11.3 Å². The maximum atomic E-state index is 13.6. The lowest BCUT2D eigenvalue weighted by Gasteiger charge is -2.38. The second-order valence-electron chi connectivity index (χ2n) is 12.5. The van der Waals surface area contributed by atoms with Crippen LogP contribution in [-0.2, 0) is 11.3 Å². The van der Waals surface area contributed by atoms with Gasteiger partial charge in [-0.15, -0.1) is 16.4 Å². The summed E-state index contributed by atoms with van der Waals surface area (Å²) in [4.78, 5) is 33.6. The summed E-state index contributed by atoms with van der Waals surface area (Å²) in [6, 6.07) is -0.606. The minimum absolute atomic E-state index is 0.0430. The van der Waals surface area contributed by atoms with Crippen LogP contribution in [0, 0.1) is 17.8 Å². The van der Waals surface area contributed by atoms with Crippen LogP contribution in [0.4, 0.5) is 13.2 Å². The summed E-state index contributed by atoms with van der Waals surface area (Å²) in [6.45, 7) is 0.368. The van der Waals surface area contributed by atoms with Gasteiger partial charge in [0, 0.05) is 35.6 Å². The number of halogens is 3. The Kier molecular flexibility index (Phi) is 8.46. The Bertz CT molecular complexity index is 1460. The van der Waals surface area contributed by atoms with E-state index < -0.39 is 36.3 Å². The first-order chi connectivity index (χ1) is 20.2. The number of aliphatic hydroxyl groups is 1. The lowest BCUT2D eigenvalue weighted by molar-refractivity contribution is -0.138. The molecule has 3 aliphatic rings. The average Bonchev–Trinajstić information content (AvgIpc) is 3.75. The van der Waals surface area contributed by atoms with Gasteiger partial charge in [0.05, 0.1) is 35.8 Å². The monoisotopic (exact) mass is 605 g/mol. The molecular weight excluding hydrogens is 567 g/mol. The third-order valence-corrected chi connectivity index (χ3v) is 11.0. The molecule has 0 spiro atoms. The number of alkyl halides is 2. The summed E-state index contributed by atoms with van der Waals surface area (Å²) in [5, 5.41) is 17.2. The van der Waals surface area contributed by atoms with Gasteiger partial charge in [0.15, 0.2) is 0 Å². The lowest BCUT2D eigenvalue weighted by atomic mass is 9.74. The molecule has 12 heteroatoms. The van der Waals surface area contributed by atoms with Crippen LogP contribution in [0.1, 0.15) is 87.5 Å². The van der Waals surface area contributed by atoms with E-state index in [1.165, 1.54) is 65.6 Å². The van der Waals surface area contributed by atoms with Gasteiger partial charge < -0.3 is 10.0 Å². The lowest BCUT2D eigenvalue weighted by Crippen LogP contribution is -2.50. The van der Waals surface area contributed by atoms with E-state index >= 15 is 0 Å². The van der Waals surface area contributed by atoms with Crippen molar-refractivity contribution in [3.8, 4) is 0 Å². The summed E-state index contributed by atoms with van der Waals surface area (Å²) < 4.78 is 42.7. The number of likely N-dealkylation sites (tertiary alicyclic amines) is 1. The van der Waals surface area contributed by atoms with Crippen LogP contribution in [0.2, 0.25) is 0 Å². The Morgan fingerprint density at radius 1 is 1.12 bits per heavy atom. The van der Waals surface area contributed by atoms with Gasteiger partial charge in [-0.1, -0.05) is 38.5 Å². The van der Waals surface area contributed by atoms with Gasteiger partial charge in [-0.2, -0.15) is 4.39 Å². The molecule has 1 saturated heterocycles. The van der Waals surface area contributed by atoms with Gasteiger partial charge in [-0.3, -0.25) is 18.8 Å². The van der Waals surface area contributed by atoms with Crippen LogP contribution in [-0.4, -0.2) is 60.4 Å². The molecule has 228 valence electrons. The molecule has 8 nitrogen and oxygen atoms in total. The normalized spacial score (nSPS) is 24.1. The Morgan fingerprint density at radius 3 is 2.55 bits per heavy atom.